The molecule has 1 rings (SSSR count). The molecule has 1 amide bonds. The Morgan fingerprint density at radius 2 is 2.10 bits per heavy atom. The highest BCUT2D eigenvalue weighted by molar-refractivity contribution is 5.93. The fourth-order valence-corrected chi connectivity index (χ4v) is 1.92. The van der Waals surface area contributed by atoms with Crippen molar-refractivity contribution in [3.63, 3.8) is 0 Å². The Bertz CT molecular complexity index is 489. The second-order valence-electron chi connectivity index (χ2n) is 5.14. The van der Waals surface area contributed by atoms with Gasteiger partial charge >= 0.3 is 5.97 Å². The average Bonchev–Trinajstić information content (AvgIpc) is 2.46. The van der Waals surface area contributed by atoms with Gasteiger partial charge in [-0.3, -0.25) is 9.78 Å². The molecule has 116 valence electrons. The summed E-state index contributed by atoms with van der Waals surface area (Å²) in [7, 11) is 1.37. The summed E-state index contributed by atoms with van der Waals surface area (Å²) >= 11 is 0. The fraction of sp³-hybridized carbons (Fsp3) is 0.533. The smallest absolute Gasteiger partial charge is 0.328 e. The Labute approximate surface area is 125 Å². The van der Waals surface area contributed by atoms with E-state index in [0.717, 1.165) is 0 Å². The lowest BCUT2D eigenvalue weighted by atomic mass is 10.0. The summed E-state index contributed by atoms with van der Waals surface area (Å²) in [6, 6.07) is 2.90. The van der Waals surface area contributed by atoms with E-state index in [1.54, 1.807) is 12.1 Å². The van der Waals surface area contributed by atoms with Crippen molar-refractivity contribution in [1.29, 1.82) is 0 Å². The normalized spacial score (nSPS) is 11.9. The van der Waals surface area contributed by atoms with Gasteiger partial charge in [-0.15, -0.1) is 0 Å². The molecule has 0 radical (unpaired) electrons. The number of pyridine rings is 1. The van der Waals surface area contributed by atoms with E-state index in [0.29, 0.717) is 30.3 Å². The van der Waals surface area contributed by atoms with E-state index in [4.69, 9.17) is 4.74 Å². The van der Waals surface area contributed by atoms with Crippen LogP contribution in [0.15, 0.2) is 18.3 Å². The summed E-state index contributed by atoms with van der Waals surface area (Å²) in [6.45, 7) is 6.45. The molecule has 21 heavy (non-hydrogen) atoms. The molecule has 1 unspecified atom stereocenters. The first-order chi connectivity index (χ1) is 9.97. The Hall–Kier alpha value is -2.11. The summed E-state index contributed by atoms with van der Waals surface area (Å²) in [6.07, 6.45) is 2.18. The van der Waals surface area contributed by atoms with Crippen molar-refractivity contribution in [1.82, 2.24) is 10.3 Å². The van der Waals surface area contributed by atoms with Gasteiger partial charge in [-0.05, 0) is 31.4 Å². The standard InChI is InChI=1S/C15H23N3O3/c1-5-16-14(19)12-9-11(6-7-17-12)18-13(8-10(2)3)15(20)21-4/h6-7,9-10,13H,5,8H2,1-4H3,(H,16,19)(H,17,18). The summed E-state index contributed by atoms with van der Waals surface area (Å²) in [5.74, 6) is -0.217. The largest absolute Gasteiger partial charge is 0.467 e. The van der Waals surface area contributed by atoms with Gasteiger partial charge in [-0.1, -0.05) is 13.8 Å². The summed E-state index contributed by atoms with van der Waals surface area (Å²) < 4.78 is 4.81. The molecule has 0 aliphatic rings. The van der Waals surface area contributed by atoms with Crippen LogP contribution in [0, 0.1) is 5.92 Å². The molecule has 0 saturated carbocycles. The first-order valence-corrected chi connectivity index (χ1v) is 7.06. The second kappa shape index (κ2) is 8.24. The van der Waals surface area contributed by atoms with Crippen molar-refractivity contribution in [3.05, 3.63) is 24.0 Å². The first kappa shape index (κ1) is 16.9. The van der Waals surface area contributed by atoms with Gasteiger partial charge in [0.1, 0.15) is 11.7 Å². The van der Waals surface area contributed by atoms with Gasteiger partial charge in [0.2, 0.25) is 0 Å². The zero-order valence-electron chi connectivity index (χ0n) is 13.0. The van der Waals surface area contributed by atoms with Gasteiger partial charge in [0.05, 0.1) is 7.11 Å². The van der Waals surface area contributed by atoms with Crippen molar-refractivity contribution >= 4 is 17.6 Å². The molecule has 1 heterocycles. The predicted octanol–water partition coefficient (Wildman–Crippen LogP) is 1.83. The number of carbonyl (C=O) groups excluding carboxylic acids is 2. The van der Waals surface area contributed by atoms with Crippen LogP contribution in [0.25, 0.3) is 0 Å². The third kappa shape index (κ3) is 5.41. The number of amides is 1. The summed E-state index contributed by atoms with van der Waals surface area (Å²) in [4.78, 5) is 27.6. The van der Waals surface area contributed by atoms with Crippen LogP contribution in [-0.4, -0.2) is 36.6 Å². The molecule has 0 aliphatic heterocycles. The van der Waals surface area contributed by atoms with Crippen molar-refractivity contribution < 1.29 is 14.3 Å². The van der Waals surface area contributed by atoms with E-state index in [1.165, 1.54) is 13.3 Å². The molecule has 1 aromatic rings. The average molecular weight is 293 g/mol. The van der Waals surface area contributed by atoms with Gasteiger partial charge in [0.15, 0.2) is 0 Å². The van der Waals surface area contributed by atoms with E-state index < -0.39 is 6.04 Å². The monoisotopic (exact) mass is 293 g/mol. The minimum absolute atomic E-state index is 0.236. The number of carbonyl (C=O) groups is 2. The van der Waals surface area contributed by atoms with Crippen LogP contribution in [0.1, 0.15) is 37.7 Å². The zero-order chi connectivity index (χ0) is 15.8. The number of aromatic nitrogens is 1. The van der Waals surface area contributed by atoms with Gasteiger partial charge in [-0.2, -0.15) is 0 Å². The molecule has 0 aromatic carbocycles. The highest BCUT2D eigenvalue weighted by Gasteiger charge is 2.20. The van der Waals surface area contributed by atoms with Gasteiger partial charge in [-0.25, -0.2) is 4.79 Å². The number of rotatable bonds is 7. The molecule has 1 aromatic heterocycles. The predicted molar refractivity (Wildman–Crippen MR) is 81.1 cm³/mol. The van der Waals surface area contributed by atoms with Gasteiger partial charge in [0.25, 0.3) is 5.91 Å². The number of anilines is 1. The highest BCUT2D eigenvalue weighted by atomic mass is 16.5. The SMILES string of the molecule is CCNC(=O)c1cc(NC(CC(C)C)C(=O)OC)ccn1. The van der Waals surface area contributed by atoms with E-state index in [-0.39, 0.29) is 11.9 Å². The minimum Gasteiger partial charge on any atom is -0.467 e. The number of hydrogen-bond donors (Lipinski definition) is 2. The number of nitrogens with one attached hydrogen (secondary N) is 2. The number of esters is 1. The Morgan fingerprint density at radius 1 is 1.38 bits per heavy atom. The van der Waals surface area contributed by atoms with E-state index >= 15 is 0 Å². The van der Waals surface area contributed by atoms with E-state index in [9.17, 15) is 9.59 Å². The number of ether oxygens (including phenoxy) is 1. The molecule has 6 heteroatoms. The van der Waals surface area contributed by atoms with Gasteiger partial charge in [0, 0.05) is 18.4 Å². The molecule has 0 fully saturated rings. The molecule has 2 N–H and O–H groups in total. The zero-order valence-corrected chi connectivity index (χ0v) is 13.0. The lowest BCUT2D eigenvalue weighted by Gasteiger charge is -2.19. The second-order valence-corrected chi connectivity index (χ2v) is 5.14. The van der Waals surface area contributed by atoms with Crippen LogP contribution >= 0.6 is 0 Å². The maximum atomic E-state index is 11.8. The van der Waals surface area contributed by atoms with Crippen LogP contribution in [0.4, 0.5) is 5.69 Å². The van der Waals surface area contributed by atoms with Crippen molar-refractivity contribution in [3.8, 4) is 0 Å². The Balaban J connectivity index is 2.86. The third-order valence-electron chi connectivity index (χ3n) is 2.86. The lowest BCUT2D eigenvalue weighted by molar-refractivity contribution is -0.141. The molecule has 6 nitrogen and oxygen atoms in total. The van der Waals surface area contributed by atoms with E-state index in [1.807, 2.05) is 20.8 Å². The third-order valence-corrected chi connectivity index (χ3v) is 2.86. The molecule has 0 saturated heterocycles. The van der Waals surface area contributed by atoms with Crippen LogP contribution in [0.5, 0.6) is 0 Å². The lowest BCUT2D eigenvalue weighted by Crippen LogP contribution is -2.32. The van der Waals surface area contributed by atoms with Crippen LogP contribution in [-0.2, 0) is 9.53 Å². The van der Waals surface area contributed by atoms with Crippen LogP contribution < -0.4 is 10.6 Å². The number of hydrogen-bond acceptors (Lipinski definition) is 5. The van der Waals surface area contributed by atoms with Gasteiger partial charge < -0.3 is 15.4 Å². The topological polar surface area (TPSA) is 80.3 Å². The summed E-state index contributed by atoms with van der Waals surface area (Å²) in [5, 5.41) is 5.79. The molecule has 1 atom stereocenters. The van der Waals surface area contributed by atoms with Crippen LogP contribution in [0.3, 0.4) is 0 Å². The van der Waals surface area contributed by atoms with E-state index in [2.05, 4.69) is 15.6 Å². The summed E-state index contributed by atoms with van der Waals surface area (Å²) in [5.41, 5.74) is 0.984. The quantitative estimate of drug-likeness (QED) is 0.750. The molecular formula is C15H23N3O3. The Kier molecular flexibility index (Phi) is 6.65. The highest BCUT2D eigenvalue weighted by Crippen LogP contribution is 2.15. The first-order valence-electron chi connectivity index (χ1n) is 7.06. The minimum atomic E-state index is -0.445. The maximum absolute atomic E-state index is 11.8. The molecule has 0 bridgehead atoms. The number of nitrogens with zero attached hydrogens (tertiary/aromatic N) is 1. The molecule has 0 aliphatic carbocycles. The number of methoxy groups -OCH3 is 1. The van der Waals surface area contributed by atoms with Crippen molar-refractivity contribution in [2.45, 2.75) is 33.2 Å². The van der Waals surface area contributed by atoms with Crippen molar-refractivity contribution in [2.75, 3.05) is 19.0 Å². The van der Waals surface area contributed by atoms with Crippen LogP contribution in [0.2, 0.25) is 0 Å². The molecular weight excluding hydrogens is 270 g/mol. The fourth-order valence-electron chi connectivity index (χ4n) is 1.92. The van der Waals surface area contributed by atoms with Crippen molar-refractivity contribution in [2.24, 2.45) is 5.92 Å². The maximum Gasteiger partial charge on any atom is 0.328 e. The Morgan fingerprint density at radius 3 is 2.67 bits per heavy atom. The molecule has 0 spiro atoms.